The predicted octanol–water partition coefficient (Wildman–Crippen LogP) is 3.36. The molecule has 2 aliphatic carbocycles. The van der Waals surface area contributed by atoms with Crippen molar-refractivity contribution in [1.82, 2.24) is 21.3 Å². The van der Waals surface area contributed by atoms with Crippen molar-refractivity contribution >= 4 is 18.1 Å². The van der Waals surface area contributed by atoms with Gasteiger partial charge in [0.2, 0.25) is 5.91 Å². The smallest absolute Gasteiger partial charge is 0.407 e. The van der Waals surface area contributed by atoms with E-state index in [-0.39, 0.29) is 31.2 Å². The number of rotatable bonds is 14. The van der Waals surface area contributed by atoms with Gasteiger partial charge in [-0.15, -0.1) is 0 Å². The average molecular weight is 741 g/mol. The Morgan fingerprint density at radius 1 is 0.904 bits per heavy atom. The third-order valence-electron chi connectivity index (χ3n) is 9.39. The molecular formula is C37H64N4O11. The normalized spacial score (nSPS) is 31.3. The topological polar surface area (TPSA) is 195 Å². The first kappa shape index (κ1) is 42.1. The van der Waals surface area contributed by atoms with Crippen LogP contribution < -0.4 is 21.3 Å². The van der Waals surface area contributed by atoms with Crippen molar-refractivity contribution in [1.29, 1.82) is 0 Å². The maximum absolute atomic E-state index is 13.3. The summed E-state index contributed by atoms with van der Waals surface area (Å²) in [7, 11) is 0. The van der Waals surface area contributed by atoms with Crippen LogP contribution in [0.1, 0.15) is 106 Å². The van der Waals surface area contributed by atoms with Crippen LogP contribution >= 0.6 is 0 Å². The molecule has 0 unspecified atom stereocenters. The summed E-state index contributed by atoms with van der Waals surface area (Å²) in [6.07, 6.45) is 0.438. The molecule has 2 heterocycles. The molecule has 0 bridgehead atoms. The highest BCUT2D eigenvalue weighted by Crippen LogP contribution is 2.32. The molecule has 0 spiro atoms. The molecule has 15 heteroatoms. The van der Waals surface area contributed by atoms with E-state index < -0.39 is 72.5 Å². The van der Waals surface area contributed by atoms with E-state index in [0.29, 0.717) is 44.8 Å². The van der Waals surface area contributed by atoms with Crippen LogP contribution in [0.15, 0.2) is 11.8 Å². The van der Waals surface area contributed by atoms with Crippen LogP contribution in [-0.2, 0) is 33.2 Å². The van der Waals surface area contributed by atoms with Gasteiger partial charge in [-0.3, -0.25) is 4.79 Å². The number of carbonyl (C=O) groups is 3. The molecule has 0 aromatic heterocycles. The molecule has 3 fully saturated rings. The van der Waals surface area contributed by atoms with Gasteiger partial charge < -0.3 is 59.9 Å². The van der Waals surface area contributed by atoms with E-state index in [4.69, 9.17) is 28.4 Å². The van der Waals surface area contributed by atoms with Gasteiger partial charge in [-0.1, -0.05) is 13.3 Å². The van der Waals surface area contributed by atoms with Crippen LogP contribution in [0.25, 0.3) is 0 Å². The summed E-state index contributed by atoms with van der Waals surface area (Å²) in [6, 6.07) is -1.65. The van der Waals surface area contributed by atoms with Crippen LogP contribution in [0, 0.1) is 11.8 Å². The molecule has 15 nitrogen and oxygen atoms in total. The Kier molecular flexibility index (Phi) is 15.4. The van der Waals surface area contributed by atoms with Gasteiger partial charge in [0, 0.05) is 19.4 Å². The maximum Gasteiger partial charge on any atom is 0.407 e. The Morgan fingerprint density at radius 3 is 2.23 bits per heavy atom. The molecule has 4 aliphatic rings. The van der Waals surface area contributed by atoms with Crippen molar-refractivity contribution in [2.24, 2.45) is 11.8 Å². The first-order chi connectivity index (χ1) is 24.5. The summed E-state index contributed by atoms with van der Waals surface area (Å²) in [5.74, 6) is 1.21. The Hall–Kier alpha value is -2.69. The average Bonchev–Trinajstić information content (AvgIpc) is 3.00. The first-order valence-corrected chi connectivity index (χ1v) is 19.1. The van der Waals surface area contributed by atoms with Crippen molar-refractivity contribution in [3.8, 4) is 0 Å². The van der Waals surface area contributed by atoms with Gasteiger partial charge in [0.1, 0.15) is 41.4 Å². The van der Waals surface area contributed by atoms with Crippen LogP contribution in [0.5, 0.6) is 0 Å². The number of amides is 3. The molecular weight excluding hydrogens is 676 g/mol. The number of alkyl carbamates (subject to hydrolysis) is 2. The number of hydrogen-bond acceptors (Lipinski definition) is 12. The van der Waals surface area contributed by atoms with Crippen LogP contribution in [0.2, 0.25) is 0 Å². The monoisotopic (exact) mass is 740 g/mol. The minimum absolute atomic E-state index is 0.0546. The summed E-state index contributed by atoms with van der Waals surface area (Å²) in [4.78, 5) is 38.4. The standard InChI is InChI=1S/C37H64N4O11/c1-22-17-27(42)33(47-21-22)50-32-25(40-28(43)14-10-16-39-34(45)51-36(2,3)4)18-26(41-35(46)52-37(5,6)7)31(30(32)44)49-29-15-9-13-24(48-29)20-38-19-23-11-8-12-23/h13,22-23,25-27,29-33,38,42,44H,8-12,14-21H2,1-7H3,(H,39,45)(H,40,43)(H,41,46)/t22-,25+,26-,27+,29+,30-,31+,32-,33+/m0/s1. The van der Waals surface area contributed by atoms with E-state index in [9.17, 15) is 24.6 Å². The lowest BCUT2D eigenvalue weighted by Crippen LogP contribution is -2.67. The summed E-state index contributed by atoms with van der Waals surface area (Å²) < 4.78 is 35.6. The van der Waals surface area contributed by atoms with Crippen molar-refractivity contribution in [2.45, 2.75) is 167 Å². The van der Waals surface area contributed by atoms with Crippen molar-refractivity contribution in [3.63, 3.8) is 0 Å². The summed E-state index contributed by atoms with van der Waals surface area (Å²) in [5, 5.41) is 34.8. The van der Waals surface area contributed by atoms with Crippen molar-refractivity contribution in [3.05, 3.63) is 11.8 Å². The van der Waals surface area contributed by atoms with Gasteiger partial charge in [0.05, 0.1) is 25.2 Å². The molecule has 1 saturated heterocycles. The first-order valence-electron chi connectivity index (χ1n) is 19.1. The molecule has 4 rings (SSSR count). The molecule has 6 N–H and O–H groups in total. The quantitative estimate of drug-likeness (QED) is 0.143. The van der Waals surface area contributed by atoms with E-state index in [0.717, 1.165) is 12.3 Å². The third kappa shape index (κ3) is 13.9. The minimum atomic E-state index is -1.39. The van der Waals surface area contributed by atoms with Gasteiger partial charge >= 0.3 is 12.2 Å². The Bertz CT molecular complexity index is 1200. The Labute approximate surface area is 308 Å². The fraction of sp³-hybridized carbons (Fsp3) is 0.865. The van der Waals surface area contributed by atoms with Gasteiger partial charge in [0.15, 0.2) is 12.6 Å². The van der Waals surface area contributed by atoms with Crippen LogP contribution in [-0.4, -0.2) is 115 Å². The van der Waals surface area contributed by atoms with Crippen molar-refractivity contribution < 1.29 is 53.0 Å². The fourth-order valence-electron chi connectivity index (χ4n) is 6.71. The second kappa shape index (κ2) is 19.1. The van der Waals surface area contributed by atoms with Crippen LogP contribution in [0.4, 0.5) is 9.59 Å². The second-order valence-corrected chi connectivity index (χ2v) is 16.7. The summed E-state index contributed by atoms with van der Waals surface area (Å²) >= 11 is 0. The van der Waals surface area contributed by atoms with Gasteiger partial charge in [0.25, 0.3) is 0 Å². The van der Waals surface area contributed by atoms with E-state index in [2.05, 4.69) is 21.3 Å². The lowest BCUT2D eigenvalue weighted by Gasteiger charge is -2.47. The molecule has 2 saturated carbocycles. The molecule has 2 aliphatic heterocycles. The van der Waals surface area contributed by atoms with E-state index >= 15 is 0 Å². The number of ether oxygens (including phenoxy) is 6. The zero-order valence-corrected chi connectivity index (χ0v) is 32.1. The molecule has 9 atom stereocenters. The highest BCUT2D eigenvalue weighted by atomic mass is 16.7. The molecule has 0 aromatic rings. The van der Waals surface area contributed by atoms with Crippen molar-refractivity contribution in [2.75, 3.05) is 26.2 Å². The van der Waals surface area contributed by atoms with Crippen LogP contribution in [0.3, 0.4) is 0 Å². The lowest BCUT2D eigenvalue weighted by molar-refractivity contribution is -0.283. The number of allylic oxidation sites excluding steroid dienone is 1. The summed E-state index contributed by atoms with van der Waals surface area (Å²) in [5.41, 5.74) is -1.43. The fourth-order valence-corrected chi connectivity index (χ4v) is 6.71. The summed E-state index contributed by atoms with van der Waals surface area (Å²) in [6.45, 7) is 14.6. The molecule has 0 aromatic carbocycles. The third-order valence-corrected chi connectivity index (χ3v) is 9.39. The van der Waals surface area contributed by atoms with E-state index in [1.807, 2.05) is 13.0 Å². The SMILES string of the molecule is C[C@@H]1CO[C@H](O[C@@H]2[C@@H](O)[C@H](O[C@@H]3CCC=C(CNCC4CCC4)O3)[C@@H](NC(=O)OC(C)(C)C)C[C@H]2NC(=O)CCCNC(=O)OC(C)(C)C)[C@H](O)C1. The minimum Gasteiger partial charge on any atom is -0.468 e. The molecule has 0 radical (unpaired) electrons. The zero-order chi connectivity index (χ0) is 38.1. The van der Waals surface area contributed by atoms with Gasteiger partial charge in [-0.2, -0.15) is 0 Å². The number of aliphatic hydroxyl groups excluding tert-OH is 2. The van der Waals surface area contributed by atoms with Gasteiger partial charge in [-0.25, -0.2) is 9.59 Å². The van der Waals surface area contributed by atoms with E-state index in [1.54, 1.807) is 41.5 Å². The Balaban J connectivity index is 1.47. The van der Waals surface area contributed by atoms with E-state index in [1.165, 1.54) is 19.3 Å². The Morgan fingerprint density at radius 2 is 1.58 bits per heavy atom. The molecule has 3 amide bonds. The lowest BCUT2D eigenvalue weighted by atomic mass is 9.83. The maximum atomic E-state index is 13.3. The number of nitrogens with one attached hydrogen (secondary N) is 4. The van der Waals surface area contributed by atoms with Gasteiger partial charge in [-0.05, 0) is 105 Å². The molecule has 52 heavy (non-hydrogen) atoms. The highest BCUT2D eigenvalue weighted by molar-refractivity contribution is 5.76. The predicted molar refractivity (Wildman–Crippen MR) is 191 cm³/mol. The number of aliphatic hydroxyl groups is 2. The number of hydrogen-bond donors (Lipinski definition) is 6. The second-order valence-electron chi connectivity index (χ2n) is 16.7. The highest BCUT2D eigenvalue weighted by Gasteiger charge is 2.50. The number of carbonyl (C=O) groups excluding carboxylic acids is 3. The zero-order valence-electron chi connectivity index (χ0n) is 32.1. The largest absolute Gasteiger partial charge is 0.468 e. The molecule has 298 valence electrons.